The molecule has 0 saturated carbocycles. The summed E-state index contributed by atoms with van der Waals surface area (Å²) in [5.74, 6) is -2.13. The molecule has 0 aliphatic rings. The molecule has 2 amide bonds. The van der Waals surface area contributed by atoms with Crippen LogP contribution in [0, 0.1) is 11.8 Å². The number of rotatable bonds is 13. The number of hydrogen-bond donors (Lipinski definition) is 4. The molecule has 4 N–H and O–H groups in total. The fraction of sp³-hybridized carbons (Fsp3) is 0.500. The molecule has 0 atom stereocenters. The average Bonchev–Trinajstić information content (AvgIpc) is 3.28. The van der Waals surface area contributed by atoms with Gasteiger partial charge in [0.25, 0.3) is 0 Å². The van der Waals surface area contributed by atoms with Gasteiger partial charge < -0.3 is 20.8 Å². The van der Waals surface area contributed by atoms with Crippen molar-refractivity contribution in [1.82, 2.24) is 0 Å². The fourth-order valence-corrected chi connectivity index (χ4v) is 5.54. The quantitative estimate of drug-likeness (QED) is 0.255. The van der Waals surface area contributed by atoms with Gasteiger partial charge >= 0.3 is 11.9 Å². The van der Waals surface area contributed by atoms with Gasteiger partial charge in [-0.15, -0.1) is 22.7 Å². The molecule has 0 bridgehead atoms. The summed E-state index contributed by atoms with van der Waals surface area (Å²) in [5.41, 5.74) is 1.72. The molecule has 0 fully saturated rings. The highest BCUT2D eigenvalue weighted by Crippen LogP contribution is 2.31. The van der Waals surface area contributed by atoms with Crippen molar-refractivity contribution < 1.29 is 29.4 Å². The number of hydrogen-bond acceptors (Lipinski definition) is 6. The van der Waals surface area contributed by atoms with Crippen LogP contribution in [-0.4, -0.2) is 34.0 Å². The summed E-state index contributed by atoms with van der Waals surface area (Å²) in [6.07, 6.45) is 2.44. The van der Waals surface area contributed by atoms with Crippen LogP contribution in [0.25, 0.3) is 0 Å². The second-order valence-corrected chi connectivity index (χ2v) is 10.8. The lowest BCUT2D eigenvalue weighted by Crippen LogP contribution is -2.15. The predicted molar refractivity (Wildman–Crippen MR) is 135 cm³/mol. The maximum absolute atomic E-state index is 12.3. The van der Waals surface area contributed by atoms with E-state index in [1.807, 2.05) is 27.7 Å². The highest BCUT2D eigenvalue weighted by molar-refractivity contribution is 7.15. The Morgan fingerprint density at radius 1 is 0.735 bits per heavy atom. The van der Waals surface area contributed by atoms with Crippen LogP contribution in [0.15, 0.2) is 10.8 Å². The minimum absolute atomic E-state index is 0.147. The van der Waals surface area contributed by atoms with Crippen LogP contribution in [0.4, 0.5) is 10.0 Å². The smallest absolute Gasteiger partial charge is 0.338 e. The Morgan fingerprint density at radius 3 is 1.38 bits per heavy atom. The Balaban J connectivity index is 1.84. The molecule has 0 unspecified atom stereocenters. The van der Waals surface area contributed by atoms with Crippen molar-refractivity contribution in [1.29, 1.82) is 0 Å². The van der Waals surface area contributed by atoms with Gasteiger partial charge in [-0.1, -0.05) is 27.7 Å². The van der Waals surface area contributed by atoms with E-state index < -0.39 is 11.9 Å². The second kappa shape index (κ2) is 12.7. The number of carbonyl (C=O) groups excluding carboxylic acids is 2. The molecule has 0 saturated heterocycles. The van der Waals surface area contributed by atoms with Crippen LogP contribution in [0.2, 0.25) is 0 Å². The standard InChI is InChI=1S/C24H32N2O6S2/c1-13(2)9-15-11-33-21(19(15)23(29)30)25-17(27)7-5-6-8-18(28)26-22-20(24(31)32)16(12-34-22)10-14(3)4/h11-14H,5-10H2,1-4H3,(H,25,27)(H,26,28)(H,29,30)(H,31,32). The van der Waals surface area contributed by atoms with Gasteiger partial charge in [-0.05, 0) is 59.4 Å². The van der Waals surface area contributed by atoms with Crippen molar-refractivity contribution in [3.05, 3.63) is 33.0 Å². The molecule has 34 heavy (non-hydrogen) atoms. The molecule has 0 spiro atoms. The molecule has 2 aromatic rings. The van der Waals surface area contributed by atoms with Gasteiger partial charge in [0, 0.05) is 12.8 Å². The summed E-state index contributed by atoms with van der Waals surface area (Å²) in [7, 11) is 0. The third-order valence-electron chi connectivity index (χ3n) is 4.98. The Hall–Kier alpha value is -2.72. The zero-order valence-electron chi connectivity index (χ0n) is 19.9. The van der Waals surface area contributed by atoms with E-state index >= 15 is 0 Å². The Bertz CT molecular complexity index is 956. The van der Waals surface area contributed by atoms with Gasteiger partial charge in [0.05, 0.1) is 11.1 Å². The van der Waals surface area contributed by atoms with Crippen molar-refractivity contribution in [2.24, 2.45) is 11.8 Å². The van der Waals surface area contributed by atoms with Gasteiger partial charge in [-0.3, -0.25) is 9.59 Å². The van der Waals surface area contributed by atoms with Crippen LogP contribution in [0.1, 0.15) is 85.2 Å². The first kappa shape index (κ1) is 27.5. The number of carboxylic acids is 2. The molecule has 2 aromatic heterocycles. The number of carbonyl (C=O) groups is 4. The molecule has 2 rings (SSSR count). The Labute approximate surface area is 207 Å². The number of aromatic carboxylic acids is 2. The average molecular weight is 509 g/mol. The number of thiophene rings is 2. The molecule has 0 aromatic carbocycles. The molecule has 10 heteroatoms. The normalized spacial score (nSPS) is 11.1. The van der Waals surface area contributed by atoms with Crippen LogP contribution < -0.4 is 10.6 Å². The molecule has 0 aliphatic heterocycles. The lowest BCUT2D eigenvalue weighted by atomic mass is 10.0. The van der Waals surface area contributed by atoms with E-state index in [9.17, 15) is 29.4 Å². The van der Waals surface area contributed by atoms with Crippen LogP contribution in [0.3, 0.4) is 0 Å². The van der Waals surface area contributed by atoms with Crippen LogP contribution >= 0.6 is 22.7 Å². The minimum atomic E-state index is -1.06. The van der Waals surface area contributed by atoms with Crippen molar-refractivity contribution in [3.8, 4) is 0 Å². The maximum atomic E-state index is 12.3. The third-order valence-corrected chi connectivity index (χ3v) is 6.87. The van der Waals surface area contributed by atoms with Crippen molar-refractivity contribution >= 4 is 56.4 Å². The summed E-state index contributed by atoms with van der Waals surface area (Å²) >= 11 is 2.41. The predicted octanol–water partition coefficient (Wildman–Crippen LogP) is 5.74. The second-order valence-electron chi connectivity index (χ2n) is 9.04. The van der Waals surface area contributed by atoms with Gasteiger partial charge in [-0.2, -0.15) is 0 Å². The number of carboxylic acid groups (broad SMARTS) is 2. The van der Waals surface area contributed by atoms with Crippen molar-refractivity contribution in [2.45, 2.75) is 66.2 Å². The number of unbranched alkanes of at least 4 members (excludes halogenated alkanes) is 1. The van der Waals surface area contributed by atoms with E-state index in [2.05, 4.69) is 10.6 Å². The van der Waals surface area contributed by atoms with E-state index in [0.29, 0.717) is 58.6 Å². The summed E-state index contributed by atoms with van der Waals surface area (Å²) in [6.45, 7) is 8.01. The van der Waals surface area contributed by atoms with Gasteiger partial charge in [0.15, 0.2) is 0 Å². The molecular weight excluding hydrogens is 476 g/mol. The van der Waals surface area contributed by atoms with Gasteiger partial charge in [0.1, 0.15) is 10.0 Å². The van der Waals surface area contributed by atoms with E-state index in [4.69, 9.17) is 0 Å². The lowest BCUT2D eigenvalue weighted by molar-refractivity contribution is -0.118. The SMILES string of the molecule is CC(C)Cc1csc(NC(=O)CCCCC(=O)Nc2scc(CC(C)C)c2C(=O)O)c1C(=O)O. The van der Waals surface area contributed by atoms with E-state index in [0.717, 1.165) is 0 Å². The summed E-state index contributed by atoms with van der Waals surface area (Å²) < 4.78 is 0. The van der Waals surface area contributed by atoms with Crippen LogP contribution in [0.5, 0.6) is 0 Å². The Kier molecular flexibility index (Phi) is 10.2. The molecular formula is C24H32N2O6S2. The van der Waals surface area contributed by atoms with E-state index in [1.165, 1.54) is 22.7 Å². The van der Waals surface area contributed by atoms with Crippen LogP contribution in [-0.2, 0) is 22.4 Å². The number of nitrogens with one attached hydrogen (secondary N) is 2. The Morgan fingerprint density at radius 2 is 1.09 bits per heavy atom. The first-order chi connectivity index (χ1) is 16.0. The first-order valence-electron chi connectivity index (χ1n) is 11.3. The summed E-state index contributed by atoms with van der Waals surface area (Å²) in [4.78, 5) is 47.9. The van der Waals surface area contributed by atoms with Gasteiger partial charge in [-0.25, -0.2) is 9.59 Å². The van der Waals surface area contributed by atoms with E-state index in [1.54, 1.807) is 10.8 Å². The maximum Gasteiger partial charge on any atom is 0.338 e. The highest BCUT2D eigenvalue weighted by Gasteiger charge is 2.22. The zero-order chi connectivity index (χ0) is 25.4. The molecule has 0 aliphatic carbocycles. The topological polar surface area (TPSA) is 133 Å². The zero-order valence-corrected chi connectivity index (χ0v) is 21.5. The molecule has 186 valence electrons. The fourth-order valence-electron chi connectivity index (χ4n) is 3.57. The summed E-state index contributed by atoms with van der Waals surface area (Å²) in [6, 6.07) is 0. The van der Waals surface area contributed by atoms with E-state index in [-0.39, 0.29) is 35.8 Å². The number of amides is 2. The summed E-state index contributed by atoms with van der Waals surface area (Å²) in [5, 5.41) is 28.6. The molecule has 8 nitrogen and oxygen atoms in total. The van der Waals surface area contributed by atoms with Gasteiger partial charge in [0.2, 0.25) is 11.8 Å². The third kappa shape index (κ3) is 7.95. The monoisotopic (exact) mass is 508 g/mol. The largest absolute Gasteiger partial charge is 0.478 e. The molecule has 2 heterocycles. The number of anilines is 2. The van der Waals surface area contributed by atoms with Crippen molar-refractivity contribution in [3.63, 3.8) is 0 Å². The van der Waals surface area contributed by atoms with Crippen molar-refractivity contribution in [2.75, 3.05) is 10.6 Å². The lowest BCUT2D eigenvalue weighted by Gasteiger charge is -2.08. The highest BCUT2D eigenvalue weighted by atomic mass is 32.1. The first-order valence-corrected chi connectivity index (χ1v) is 13.0. The molecule has 0 radical (unpaired) electrons. The minimum Gasteiger partial charge on any atom is -0.478 e.